The van der Waals surface area contributed by atoms with E-state index in [4.69, 9.17) is 23.7 Å². The topological polar surface area (TPSA) is 113 Å². The number of dihydropyridines is 1. The Morgan fingerprint density at radius 3 is 2.33 bits per heavy atom. The maximum absolute atomic E-state index is 13.9. The number of esters is 1. The fraction of sp³-hybridized carbons (Fsp3) is 0.379. The predicted octanol–water partition coefficient (Wildman–Crippen LogP) is 4.73. The summed E-state index contributed by atoms with van der Waals surface area (Å²) < 4.78 is 27.1. The van der Waals surface area contributed by atoms with Crippen LogP contribution in [0.5, 0.6) is 23.0 Å². The Labute approximate surface area is 235 Å². The number of rotatable bonds is 9. The fourth-order valence-electron chi connectivity index (χ4n) is 5.20. The molecule has 1 heterocycles. The number of phenolic OH excluding ortho intramolecular Hbond substituents is 1. The Kier molecular flexibility index (Phi) is 8.87. The van der Waals surface area contributed by atoms with Gasteiger partial charge < -0.3 is 34.1 Å². The minimum absolute atomic E-state index is 0.0715. The number of ketones is 1. The lowest BCUT2D eigenvalue weighted by Gasteiger charge is -2.37. The highest BCUT2D eigenvalue weighted by Gasteiger charge is 2.42. The number of benzene rings is 2. The summed E-state index contributed by atoms with van der Waals surface area (Å²) in [6.07, 6.45) is 0.792. The third kappa shape index (κ3) is 5.62. The molecule has 0 unspecified atom stereocenters. The first-order valence-electron chi connectivity index (χ1n) is 12.4. The summed E-state index contributed by atoms with van der Waals surface area (Å²) >= 11 is 3.38. The summed E-state index contributed by atoms with van der Waals surface area (Å²) in [6, 6.07) is 9.01. The Hall–Kier alpha value is -3.50. The van der Waals surface area contributed by atoms with Gasteiger partial charge in [0.25, 0.3) is 0 Å². The van der Waals surface area contributed by atoms with Gasteiger partial charge in [-0.1, -0.05) is 6.07 Å². The maximum Gasteiger partial charge on any atom is 0.336 e. The highest BCUT2D eigenvalue weighted by molar-refractivity contribution is 9.10. The maximum atomic E-state index is 13.9. The van der Waals surface area contributed by atoms with Crippen LogP contribution in [0.15, 0.2) is 57.3 Å². The molecule has 0 aromatic heterocycles. The molecule has 0 saturated heterocycles. The molecule has 2 aliphatic rings. The highest BCUT2D eigenvalue weighted by atomic mass is 79.9. The molecule has 0 saturated carbocycles. The molecule has 1 aliphatic carbocycles. The van der Waals surface area contributed by atoms with Gasteiger partial charge >= 0.3 is 5.97 Å². The van der Waals surface area contributed by atoms with Gasteiger partial charge in [-0.25, -0.2) is 4.79 Å². The van der Waals surface area contributed by atoms with E-state index < -0.39 is 11.9 Å². The van der Waals surface area contributed by atoms with Crippen molar-refractivity contribution in [2.45, 2.75) is 31.6 Å². The summed E-state index contributed by atoms with van der Waals surface area (Å²) in [7, 11) is 6.12. The zero-order valence-electron chi connectivity index (χ0n) is 22.6. The largest absolute Gasteiger partial charge is 0.503 e. The van der Waals surface area contributed by atoms with E-state index in [2.05, 4.69) is 21.2 Å². The van der Waals surface area contributed by atoms with Gasteiger partial charge in [0.2, 0.25) is 0 Å². The molecule has 208 valence electrons. The van der Waals surface area contributed by atoms with E-state index >= 15 is 0 Å². The van der Waals surface area contributed by atoms with Crippen LogP contribution in [0.3, 0.4) is 0 Å². The van der Waals surface area contributed by atoms with Gasteiger partial charge in [0.15, 0.2) is 28.8 Å². The number of allylic oxidation sites excluding steroid dienone is 3. The number of carbonyl (C=O) groups is 2. The van der Waals surface area contributed by atoms with Crippen molar-refractivity contribution >= 4 is 27.7 Å². The van der Waals surface area contributed by atoms with Crippen LogP contribution in [0.4, 0.5) is 0 Å². The monoisotopic (exact) mass is 601 g/mol. The number of phenols is 1. The second-order valence-electron chi connectivity index (χ2n) is 9.31. The summed E-state index contributed by atoms with van der Waals surface area (Å²) in [4.78, 5) is 27.2. The molecule has 0 radical (unpaired) electrons. The smallest absolute Gasteiger partial charge is 0.336 e. The molecule has 2 aromatic rings. The van der Waals surface area contributed by atoms with Crippen LogP contribution in [-0.2, 0) is 19.1 Å². The number of hydrogen-bond donors (Lipinski definition) is 2. The van der Waals surface area contributed by atoms with Crippen LogP contribution in [0.1, 0.15) is 42.7 Å². The van der Waals surface area contributed by atoms with Gasteiger partial charge in [0.05, 0.1) is 38.0 Å². The third-order valence-corrected chi connectivity index (χ3v) is 7.66. The van der Waals surface area contributed by atoms with Crippen molar-refractivity contribution in [2.24, 2.45) is 0 Å². The summed E-state index contributed by atoms with van der Waals surface area (Å²) in [5.74, 6) is -0.113. The van der Waals surface area contributed by atoms with Crippen LogP contribution < -0.4 is 19.5 Å². The van der Waals surface area contributed by atoms with E-state index in [1.165, 1.54) is 14.2 Å². The number of carbonyl (C=O) groups excluding carboxylic acids is 2. The number of aromatic hydroxyl groups is 1. The Bertz CT molecular complexity index is 1350. The standard InChI is InChI=1S/C29H32BrNO8/c1-15-25(29(34)39-9-8-35-2)26(18-10-19(30)28(33)24(14-18)38-5)27-20(31-15)11-17(12-21(27)32)16-6-7-22(36-3)23(13-16)37-4/h6-7,10,13-14,17,26,31,33H,8-9,11-12H2,1-5H3/t17-,26-/m0/s1. The number of halogens is 1. The van der Waals surface area contributed by atoms with E-state index in [0.717, 1.165) is 11.3 Å². The van der Waals surface area contributed by atoms with Gasteiger partial charge in [-0.3, -0.25) is 4.79 Å². The van der Waals surface area contributed by atoms with Gasteiger partial charge in [0.1, 0.15) is 6.61 Å². The molecule has 2 aromatic carbocycles. The SMILES string of the molecule is COCCOC(=O)C1=C(C)NC2=C(C(=O)C[C@@H](c3ccc(OC)c(OC)c3)C2)[C@H]1c1cc(Br)c(O)c(OC)c1. The lowest BCUT2D eigenvalue weighted by atomic mass is 9.71. The minimum Gasteiger partial charge on any atom is -0.503 e. The zero-order valence-corrected chi connectivity index (χ0v) is 24.1. The number of Topliss-reactive ketones (excluding diaryl/α,β-unsaturated/α-hetero) is 1. The second-order valence-corrected chi connectivity index (χ2v) is 10.2. The van der Waals surface area contributed by atoms with E-state index in [0.29, 0.717) is 44.8 Å². The predicted molar refractivity (Wildman–Crippen MR) is 147 cm³/mol. The molecule has 0 fully saturated rings. The number of methoxy groups -OCH3 is 4. The van der Waals surface area contributed by atoms with Crippen LogP contribution in [0, 0.1) is 0 Å². The number of hydrogen-bond acceptors (Lipinski definition) is 9. The number of nitrogens with one attached hydrogen (secondary N) is 1. The molecular weight excluding hydrogens is 570 g/mol. The average Bonchev–Trinajstić information content (AvgIpc) is 2.93. The second kappa shape index (κ2) is 12.1. The van der Waals surface area contributed by atoms with Crippen LogP contribution >= 0.6 is 15.9 Å². The van der Waals surface area contributed by atoms with Gasteiger partial charge in [0, 0.05) is 36.4 Å². The molecule has 2 N–H and O–H groups in total. The first-order valence-corrected chi connectivity index (χ1v) is 13.2. The van der Waals surface area contributed by atoms with Crippen molar-refractivity contribution in [3.05, 3.63) is 68.5 Å². The van der Waals surface area contributed by atoms with E-state index in [1.807, 2.05) is 18.2 Å². The summed E-state index contributed by atoms with van der Waals surface area (Å²) in [5.41, 5.74) is 3.71. The Balaban J connectivity index is 1.80. The molecule has 1 aliphatic heterocycles. The molecule has 9 nitrogen and oxygen atoms in total. The molecule has 10 heteroatoms. The van der Waals surface area contributed by atoms with Gasteiger partial charge in [-0.15, -0.1) is 0 Å². The molecule has 39 heavy (non-hydrogen) atoms. The van der Waals surface area contributed by atoms with Crippen LogP contribution in [-0.4, -0.2) is 58.5 Å². The minimum atomic E-state index is -0.721. The Morgan fingerprint density at radius 1 is 0.974 bits per heavy atom. The normalized spacial score (nSPS) is 18.9. The lowest BCUT2D eigenvalue weighted by Crippen LogP contribution is -2.36. The van der Waals surface area contributed by atoms with Crippen molar-refractivity contribution in [3.63, 3.8) is 0 Å². The number of ether oxygens (including phenoxy) is 5. The van der Waals surface area contributed by atoms with Crippen LogP contribution in [0.2, 0.25) is 0 Å². The highest BCUT2D eigenvalue weighted by Crippen LogP contribution is 2.48. The molecule has 2 atom stereocenters. The Morgan fingerprint density at radius 2 is 1.67 bits per heavy atom. The first kappa shape index (κ1) is 28.5. The molecular formula is C29H32BrNO8. The third-order valence-electron chi connectivity index (χ3n) is 7.05. The van der Waals surface area contributed by atoms with E-state index in [9.17, 15) is 14.7 Å². The van der Waals surface area contributed by atoms with Crippen molar-refractivity contribution < 1.29 is 38.4 Å². The van der Waals surface area contributed by atoms with E-state index in [1.54, 1.807) is 33.3 Å². The first-order chi connectivity index (χ1) is 18.7. The summed E-state index contributed by atoms with van der Waals surface area (Å²) in [6.45, 7) is 2.11. The van der Waals surface area contributed by atoms with Crippen LogP contribution in [0.25, 0.3) is 0 Å². The van der Waals surface area contributed by atoms with Crippen molar-refractivity contribution in [2.75, 3.05) is 41.7 Å². The van der Waals surface area contributed by atoms with Crippen molar-refractivity contribution in [1.82, 2.24) is 5.32 Å². The summed E-state index contributed by atoms with van der Waals surface area (Å²) in [5, 5.41) is 13.7. The van der Waals surface area contributed by atoms with Crippen molar-refractivity contribution in [3.8, 4) is 23.0 Å². The molecule has 0 bridgehead atoms. The zero-order chi connectivity index (χ0) is 28.3. The molecule has 0 amide bonds. The lowest BCUT2D eigenvalue weighted by molar-refractivity contribution is -0.140. The van der Waals surface area contributed by atoms with Gasteiger partial charge in [-0.05, 0) is 70.6 Å². The average molecular weight is 602 g/mol. The van der Waals surface area contributed by atoms with E-state index in [-0.39, 0.29) is 42.8 Å². The fourth-order valence-corrected chi connectivity index (χ4v) is 5.66. The molecule has 4 rings (SSSR count). The quantitative estimate of drug-likeness (QED) is 0.311. The molecule has 0 spiro atoms. The van der Waals surface area contributed by atoms with Gasteiger partial charge in [-0.2, -0.15) is 0 Å². The van der Waals surface area contributed by atoms with Crippen molar-refractivity contribution in [1.29, 1.82) is 0 Å².